The maximum atomic E-state index is 11.9. The lowest BCUT2D eigenvalue weighted by Crippen LogP contribution is -2.40. The fraction of sp³-hybridized carbons (Fsp3) is 0.417. The number of aryl methyl sites for hydroxylation is 1. The molecule has 1 aromatic rings. The van der Waals surface area contributed by atoms with Gasteiger partial charge in [0.15, 0.2) is 0 Å². The Morgan fingerprint density at radius 3 is 2.40 bits per heavy atom. The van der Waals surface area contributed by atoms with Crippen LogP contribution in [-0.2, 0) is 20.8 Å². The highest BCUT2D eigenvalue weighted by Gasteiger charge is 2.16. The first kappa shape index (κ1) is 16.6. The largest absolute Gasteiger partial charge is 0.337 e. The van der Waals surface area contributed by atoms with Crippen molar-refractivity contribution in [1.29, 1.82) is 0 Å². The van der Waals surface area contributed by atoms with Crippen LogP contribution in [0.4, 0.5) is 4.79 Å². The number of benzene rings is 1. The molecule has 0 aliphatic carbocycles. The van der Waals surface area contributed by atoms with E-state index in [0.717, 1.165) is 5.56 Å². The number of carbonyl (C=O) groups is 1. The van der Waals surface area contributed by atoms with E-state index >= 15 is 0 Å². The van der Waals surface area contributed by atoms with Gasteiger partial charge in [0.05, 0.1) is 4.90 Å². The number of hydrogen-bond donors (Lipinski definition) is 2. The summed E-state index contributed by atoms with van der Waals surface area (Å²) >= 11 is 0. The number of hydrogen-bond acceptors (Lipinski definition) is 4. The molecule has 0 bridgehead atoms. The van der Waals surface area contributed by atoms with E-state index in [-0.39, 0.29) is 11.4 Å². The van der Waals surface area contributed by atoms with Crippen LogP contribution in [0.2, 0.25) is 0 Å². The minimum Gasteiger partial charge on any atom is -0.337 e. The van der Waals surface area contributed by atoms with Gasteiger partial charge in [-0.05, 0) is 25.5 Å². The molecule has 0 saturated heterocycles. The normalized spacial score (nSPS) is 12.7. The number of carbonyl (C=O) groups excluding carboxylic acids is 1. The molecule has 112 valence electrons. The van der Waals surface area contributed by atoms with Crippen LogP contribution in [-0.4, -0.2) is 37.2 Å². The van der Waals surface area contributed by atoms with Crippen LogP contribution in [0.5, 0.6) is 0 Å². The summed E-state index contributed by atoms with van der Waals surface area (Å²) in [4.78, 5) is 11.5. The van der Waals surface area contributed by atoms with Crippen molar-refractivity contribution in [2.75, 3.05) is 18.6 Å². The molecule has 8 heteroatoms. The van der Waals surface area contributed by atoms with Gasteiger partial charge in [-0.25, -0.2) is 17.9 Å². The third-order valence-corrected chi connectivity index (χ3v) is 4.66. The summed E-state index contributed by atoms with van der Waals surface area (Å²) in [5.74, 6) is 0.463. The lowest BCUT2D eigenvalue weighted by molar-refractivity contribution is 0.246. The summed E-state index contributed by atoms with van der Waals surface area (Å²) in [6, 6.07) is 5.40. The third kappa shape index (κ3) is 5.70. The summed E-state index contributed by atoms with van der Waals surface area (Å²) < 4.78 is 36.5. The molecular formula is C12H18N2O4S2. The molecule has 0 aliphatic rings. The average molecular weight is 318 g/mol. The Labute approximate surface area is 121 Å². The molecule has 20 heavy (non-hydrogen) atoms. The SMILES string of the molecule is Cc1ccc(S(=O)(=O)NC(=O)NCCC[S@](C)=O)cc1. The molecule has 0 radical (unpaired) electrons. The van der Waals surface area contributed by atoms with Gasteiger partial charge in [0.1, 0.15) is 0 Å². The Balaban J connectivity index is 2.52. The van der Waals surface area contributed by atoms with Gasteiger partial charge in [0.25, 0.3) is 10.0 Å². The fourth-order valence-electron chi connectivity index (χ4n) is 1.41. The monoisotopic (exact) mass is 318 g/mol. The zero-order valence-corrected chi connectivity index (χ0v) is 13.0. The van der Waals surface area contributed by atoms with E-state index in [0.29, 0.717) is 12.2 Å². The first-order chi connectivity index (χ1) is 9.31. The van der Waals surface area contributed by atoms with E-state index in [2.05, 4.69) is 5.32 Å². The summed E-state index contributed by atoms with van der Waals surface area (Å²) in [7, 11) is -4.77. The first-order valence-corrected chi connectivity index (χ1v) is 9.19. The van der Waals surface area contributed by atoms with Gasteiger partial charge < -0.3 is 5.32 Å². The van der Waals surface area contributed by atoms with Gasteiger partial charge in [0, 0.05) is 29.4 Å². The van der Waals surface area contributed by atoms with E-state index in [4.69, 9.17) is 0 Å². The van der Waals surface area contributed by atoms with Gasteiger partial charge in [-0.1, -0.05) is 17.7 Å². The quantitative estimate of drug-likeness (QED) is 0.757. The van der Waals surface area contributed by atoms with Crippen LogP contribution in [0.25, 0.3) is 0 Å². The van der Waals surface area contributed by atoms with Gasteiger partial charge in [0.2, 0.25) is 0 Å². The fourth-order valence-corrected chi connectivity index (χ4v) is 2.89. The Kier molecular flexibility index (Phi) is 6.15. The Hall–Kier alpha value is -1.41. The molecule has 2 N–H and O–H groups in total. The van der Waals surface area contributed by atoms with Crippen LogP contribution in [0.15, 0.2) is 29.2 Å². The van der Waals surface area contributed by atoms with E-state index in [1.807, 2.05) is 11.6 Å². The summed E-state index contributed by atoms with van der Waals surface area (Å²) in [5, 5.41) is 2.41. The number of rotatable bonds is 6. The molecule has 0 spiro atoms. The summed E-state index contributed by atoms with van der Waals surface area (Å²) in [5.41, 5.74) is 0.931. The highest BCUT2D eigenvalue weighted by atomic mass is 32.2. The Morgan fingerprint density at radius 1 is 1.25 bits per heavy atom. The van der Waals surface area contributed by atoms with E-state index in [1.165, 1.54) is 12.1 Å². The smallest absolute Gasteiger partial charge is 0.328 e. The Morgan fingerprint density at radius 2 is 1.85 bits per heavy atom. The Bertz CT molecular complexity index is 582. The maximum Gasteiger partial charge on any atom is 0.328 e. The molecule has 0 heterocycles. The van der Waals surface area contributed by atoms with Crippen molar-refractivity contribution in [3.63, 3.8) is 0 Å². The van der Waals surface area contributed by atoms with Crippen molar-refractivity contribution in [3.05, 3.63) is 29.8 Å². The second kappa shape index (κ2) is 7.39. The second-order valence-corrected chi connectivity index (χ2v) is 7.54. The van der Waals surface area contributed by atoms with E-state index in [1.54, 1.807) is 18.4 Å². The molecule has 0 aromatic heterocycles. The number of amides is 2. The molecule has 0 unspecified atom stereocenters. The maximum absolute atomic E-state index is 11.9. The van der Waals surface area contributed by atoms with Crippen molar-refractivity contribution in [3.8, 4) is 0 Å². The molecule has 1 aromatic carbocycles. The van der Waals surface area contributed by atoms with Gasteiger partial charge in [-0.3, -0.25) is 4.21 Å². The molecular weight excluding hydrogens is 300 g/mol. The minimum absolute atomic E-state index is 0.0351. The van der Waals surface area contributed by atoms with Crippen LogP contribution in [0.3, 0.4) is 0 Å². The van der Waals surface area contributed by atoms with Crippen LogP contribution >= 0.6 is 0 Å². The number of urea groups is 1. The molecule has 0 aliphatic heterocycles. The summed E-state index contributed by atoms with van der Waals surface area (Å²) in [6.07, 6.45) is 2.10. The molecule has 6 nitrogen and oxygen atoms in total. The van der Waals surface area contributed by atoms with Gasteiger partial charge >= 0.3 is 6.03 Å². The van der Waals surface area contributed by atoms with Crippen LogP contribution in [0.1, 0.15) is 12.0 Å². The molecule has 1 atom stereocenters. The highest BCUT2D eigenvalue weighted by molar-refractivity contribution is 7.90. The third-order valence-electron chi connectivity index (χ3n) is 2.45. The second-order valence-electron chi connectivity index (χ2n) is 4.31. The average Bonchev–Trinajstić information content (AvgIpc) is 2.34. The topological polar surface area (TPSA) is 92.3 Å². The minimum atomic E-state index is -3.85. The lowest BCUT2D eigenvalue weighted by atomic mass is 10.2. The molecule has 2 amide bonds. The molecule has 0 fully saturated rings. The standard InChI is InChI=1S/C12H18N2O4S2/c1-10-4-6-11(7-5-10)20(17,18)14-12(15)13-8-3-9-19(2)16/h4-7H,3,8-9H2,1-2H3,(H2,13,14,15)/t19-/m0/s1. The van der Waals surface area contributed by atoms with E-state index < -0.39 is 26.9 Å². The van der Waals surface area contributed by atoms with Crippen molar-refractivity contribution < 1.29 is 17.4 Å². The zero-order chi connectivity index (χ0) is 15.2. The predicted molar refractivity (Wildman–Crippen MR) is 78.4 cm³/mol. The van der Waals surface area contributed by atoms with Crippen molar-refractivity contribution in [1.82, 2.24) is 10.0 Å². The zero-order valence-electron chi connectivity index (χ0n) is 11.4. The van der Waals surface area contributed by atoms with Crippen molar-refractivity contribution in [2.45, 2.75) is 18.2 Å². The van der Waals surface area contributed by atoms with Crippen molar-refractivity contribution in [2.24, 2.45) is 0 Å². The van der Waals surface area contributed by atoms with Gasteiger partial charge in [-0.15, -0.1) is 0 Å². The first-order valence-electron chi connectivity index (χ1n) is 5.98. The molecule has 1 rings (SSSR count). The van der Waals surface area contributed by atoms with Crippen molar-refractivity contribution >= 4 is 26.9 Å². The lowest BCUT2D eigenvalue weighted by Gasteiger charge is -2.08. The van der Waals surface area contributed by atoms with E-state index in [9.17, 15) is 17.4 Å². The number of nitrogens with one attached hydrogen (secondary N) is 2. The van der Waals surface area contributed by atoms with Crippen LogP contribution < -0.4 is 10.0 Å². The number of sulfonamides is 1. The van der Waals surface area contributed by atoms with Crippen LogP contribution in [0, 0.1) is 6.92 Å². The highest BCUT2D eigenvalue weighted by Crippen LogP contribution is 2.09. The van der Waals surface area contributed by atoms with Gasteiger partial charge in [-0.2, -0.15) is 0 Å². The predicted octanol–water partition coefficient (Wildman–Crippen LogP) is 0.752. The summed E-state index contributed by atoms with van der Waals surface area (Å²) in [6.45, 7) is 2.11. The molecule has 0 saturated carbocycles.